The smallest absolute Gasteiger partial charge is 0.328 e. The molecule has 8 N–H and O–H groups in total. The SMILES string of the molecule is COC(=O)[C@@H](NC(=O)[C@@H](NC(=O)[C@H]1COC(=O)C23CC4CC(C2)CC(C4)(C3)C(=O)OC[C@H](C(=O)N[C@H](C(=O)N[C@H](C(=O)OC)C(C)C)C(C)C)NC(=O)[C@@H](CC(C)C)NC(=O)[C@H]2[C@@H](C(=O)N[C@H](CC(C)C)C(=O)N1)[C@H]1C=C[C@@H]2C1)C(C)C)C(C)C. The molecule has 6 bridgehead atoms. The van der Waals surface area contributed by atoms with E-state index in [2.05, 4.69) is 42.5 Å². The van der Waals surface area contributed by atoms with Gasteiger partial charge in [-0.2, -0.15) is 0 Å². The predicted octanol–water partition coefficient (Wildman–Crippen LogP) is 2.05. The third kappa shape index (κ3) is 15.9. The first-order valence-corrected chi connectivity index (χ1v) is 30.5. The Balaban J connectivity index is 1.40. The highest BCUT2D eigenvalue weighted by Crippen LogP contribution is 2.66. The quantitative estimate of drug-likeness (QED) is 0.0553. The van der Waals surface area contributed by atoms with Crippen LogP contribution >= 0.6 is 0 Å². The summed E-state index contributed by atoms with van der Waals surface area (Å²) in [6.45, 7) is 19.3. The van der Waals surface area contributed by atoms with E-state index < -0.39 is 191 Å². The van der Waals surface area contributed by atoms with Crippen LogP contribution in [0.4, 0.5) is 0 Å². The molecule has 0 aromatic rings. The van der Waals surface area contributed by atoms with Crippen LogP contribution in [0.5, 0.6) is 0 Å². The molecule has 0 aromatic heterocycles. The van der Waals surface area contributed by atoms with E-state index in [4.69, 9.17) is 18.9 Å². The minimum Gasteiger partial charge on any atom is -0.467 e. The number of ether oxygens (including phenoxy) is 4. The van der Waals surface area contributed by atoms with Crippen LogP contribution in [0.15, 0.2) is 12.2 Å². The van der Waals surface area contributed by atoms with Crippen molar-refractivity contribution in [2.75, 3.05) is 27.4 Å². The predicted molar refractivity (Wildman–Crippen MR) is 307 cm³/mol. The molecule has 2 spiro atoms. The molecule has 1 saturated heterocycles. The van der Waals surface area contributed by atoms with Gasteiger partial charge in [-0.05, 0) is 117 Å². The Kier molecular flexibility index (Phi) is 22.4. The first kappa shape index (κ1) is 67.5. The van der Waals surface area contributed by atoms with Gasteiger partial charge in [0.05, 0.1) is 36.9 Å². The fourth-order valence-corrected chi connectivity index (χ4v) is 14.1. The lowest BCUT2D eigenvalue weighted by atomic mass is 9.44. The maximum Gasteiger partial charge on any atom is 0.328 e. The number of rotatable bonds is 18. The van der Waals surface area contributed by atoms with Gasteiger partial charge < -0.3 is 61.5 Å². The van der Waals surface area contributed by atoms with Crippen molar-refractivity contribution in [1.82, 2.24) is 42.5 Å². The number of esters is 4. The second-order valence-corrected chi connectivity index (χ2v) is 27.2. The lowest BCUT2D eigenvalue weighted by molar-refractivity contribution is -0.195. The largest absolute Gasteiger partial charge is 0.467 e. The van der Waals surface area contributed by atoms with Gasteiger partial charge in [0.25, 0.3) is 0 Å². The molecule has 6 fully saturated rings. The Hall–Kier alpha value is -6.62. The number of fused-ring (bicyclic) bond motifs is 5. The standard InChI is InChI=1S/C61H94N8O16/c1-28(2)17-38-48(70)64-40(50(72)66-44(30(5)6)54(76)68-46(32(9)10)56(78)82-13)25-84-58(80)60-21-34-19-35(22-60)24-61(23-34,27-60)59(81)85-26-41(51(73)67-45(31(7)8)55(77)69-47(33(11)12)57(79)83-14)65-49(71)39(18-29(3)4)63-53(75)43-37-16-15-36(20-37)42(43)52(74)62-38/h15-16,28-47H,17-27H2,1-14H3,(H,62,74)(H,63,75)(H,64,70)(H,65,71)(H,66,72)(H,67,73)(H,68,76)(H,69,77)/t34?,35?,36-,37+,38-,39-,40-,41-,42-,43+,44+,45+,46+,47+,60?,61?/m1/s1. The molecule has 0 radical (unpaired) electrons. The average Bonchev–Trinajstić information content (AvgIpc) is 1.30. The van der Waals surface area contributed by atoms with E-state index in [1.807, 2.05) is 39.8 Å². The molecule has 7 rings (SSSR count). The molecule has 14 atom stereocenters. The second kappa shape index (κ2) is 28.3. The van der Waals surface area contributed by atoms with E-state index in [1.165, 1.54) is 14.2 Å². The van der Waals surface area contributed by atoms with Crippen molar-refractivity contribution >= 4 is 71.1 Å². The first-order chi connectivity index (χ1) is 39.8. The maximum atomic E-state index is 14.9. The molecular weight excluding hydrogens is 1100 g/mol. The molecule has 2 unspecified atom stereocenters. The molecular formula is C61H94N8O16. The van der Waals surface area contributed by atoms with Crippen LogP contribution in [-0.4, -0.2) is 147 Å². The lowest BCUT2D eigenvalue weighted by Crippen LogP contribution is -2.61. The molecule has 1 aliphatic heterocycles. The van der Waals surface area contributed by atoms with Crippen molar-refractivity contribution in [3.63, 3.8) is 0 Å². The number of allylic oxidation sites excluding steroid dienone is 2. The van der Waals surface area contributed by atoms with E-state index in [1.54, 1.807) is 55.4 Å². The van der Waals surface area contributed by atoms with Crippen LogP contribution in [0.25, 0.3) is 0 Å². The lowest BCUT2D eigenvalue weighted by Gasteiger charge is -2.59. The number of amides is 8. The summed E-state index contributed by atoms with van der Waals surface area (Å²) >= 11 is 0. The monoisotopic (exact) mass is 1190 g/mol. The van der Waals surface area contributed by atoms with Gasteiger partial charge in [-0.25, -0.2) is 9.59 Å². The van der Waals surface area contributed by atoms with Crippen LogP contribution in [0, 0.1) is 81.8 Å². The number of hydrogen-bond donors (Lipinski definition) is 8. The second-order valence-electron chi connectivity index (χ2n) is 27.2. The van der Waals surface area contributed by atoms with E-state index >= 15 is 0 Å². The van der Waals surface area contributed by atoms with Crippen molar-refractivity contribution in [1.29, 1.82) is 0 Å². The normalized spacial score (nSPS) is 31.2. The number of carbonyl (C=O) groups excluding carboxylic acids is 12. The number of carbonyl (C=O) groups is 12. The maximum absolute atomic E-state index is 14.9. The summed E-state index contributed by atoms with van der Waals surface area (Å²) in [6, 6.07) is -10.6. The number of cyclic esters (lactones) is 2. The Morgan fingerprint density at radius 1 is 0.494 bits per heavy atom. The molecule has 5 saturated carbocycles. The van der Waals surface area contributed by atoms with Crippen molar-refractivity contribution < 1.29 is 76.5 Å². The molecule has 0 aromatic carbocycles. The fourth-order valence-electron chi connectivity index (χ4n) is 14.1. The van der Waals surface area contributed by atoms with E-state index in [-0.39, 0.29) is 42.9 Å². The van der Waals surface area contributed by atoms with Crippen LogP contribution in [0.1, 0.15) is 141 Å². The summed E-state index contributed by atoms with van der Waals surface area (Å²) in [5.41, 5.74) is -2.51. The first-order valence-electron chi connectivity index (χ1n) is 30.5. The molecule has 474 valence electrons. The molecule has 24 nitrogen and oxygen atoms in total. The Labute approximate surface area is 499 Å². The molecule has 1 heterocycles. The molecule has 7 aliphatic rings. The van der Waals surface area contributed by atoms with E-state index in [9.17, 15) is 57.5 Å². The Morgan fingerprint density at radius 3 is 1.14 bits per heavy atom. The molecule has 85 heavy (non-hydrogen) atoms. The number of nitrogens with one attached hydrogen (secondary N) is 8. The third-order valence-electron chi connectivity index (χ3n) is 18.0. The zero-order valence-corrected chi connectivity index (χ0v) is 52.0. The van der Waals surface area contributed by atoms with Gasteiger partial charge in [-0.1, -0.05) is 95.2 Å². The van der Waals surface area contributed by atoms with Gasteiger partial charge in [0.15, 0.2) is 0 Å². The molecule has 8 amide bonds. The highest BCUT2D eigenvalue weighted by molar-refractivity contribution is 5.99. The third-order valence-corrected chi connectivity index (χ3v) is 18.0. The Bertz CT molecular complexity index is 2400. The van der Waals surface area contributed by atoms with Crippen molar-refractivity contribution in [3.8, 4) is 0 Å². The summed E-state index contributed by atoms with van der Waals surface area (Å²) in [6.07, 6.45) is 6.24. The molecule has 6 aliphatic carbocycles. The van der Waals surface area contributed by atoms with Crippen LogP contribution in [-0.2, 0) is 76.5 Å². The van der Waals surface area contributed by atoms with Crippen LogP contribution in [0.3, 0.4) is 0 Å². The zero-order valence-electron chi connectivity index (χ0n) is 52.0. The zero-order chi connectivity index (χ0) is 63.2. The topological polar surface area (TPSA) is 338 Å². The number of hydrogen-bond acceptors (Lipinski definition) is 16. The fraction of sp³-hybridized carbons (Fsp3) is 0.770. The van der Waals surface area contributed by atoms with E-state index in [0.29, 0.717) is 38.5 Å². The highest BCUT2D eigenvalue weighted by atomic mass is 16.5. The van der Waals surface area contributed by atoms with Crippen molar-refractivity contribution in [2.45, 2.75) is 189 Å². The highest BCUT2D eigenvalue weighted by Gasteiger charge is 2.65. The van der Waals surface area contributed by atoms with Crippen LogP contribution < -0.4 is 42.5 Å². The van der Waals surface area contributed by atoms with Gasteiger partial charge in [-0.3, -0.25) is 47.9 Å². The van der Waals surface area contributed by atoms with Gasteiger partial charge in [0.1, 0.15) is 61.5 Å². The number of methoxy groups -OCH3 is 2. The van der Waals surface area contributed by atoms with Gasteiger partial charge in [-0.15, -0.1) is 0 Å². The summed E-state index contributed by atoms with van der Waals surface area (Å²) in [5, 5.41) is 21.9. The van der Waals surface area contributed by atoms with Gasteiger partial charge in [0.2, 0.25) is 47.3 Å². The van der Waals surface area contributed by atoms with E-state index in [0.717, 1.165) is 0 Å². The summed E-state index contributed by atoms with van der Waals surface area (Å²) in [5.74, 6) is -14.7. The summed E-state index contributed by atoms with van der Waals surface area (Å²) in [7, 11) is 2.37. The average molecular weight is 1200 g/mol. The van der Waals surface area contributed by atoms with Gasteiger partial charge in [0, 0.05) is 0 Å². The van der Waals surface area contributed by atoms with Crippen molar-refractivity contribution in [2.24, 2.45) is 81.8 Å². The van der Waals surface area contributed by atoms with Crippen molar-refractivity contribution in [3.05, 3.63) is 12.2 Å². The summed E-state index contributed by atoms with van der Waals surface area (Å²) in [4.78, 5) is 172. The minimum absolute atomic E-state index is 0.0269. The minimum atomic E-state index is -1.66. The van der Waals surface area contributed by atoms with Crippen LogP contribution in [0.2, 0.25) is 0 Å². The molecule has 24 heteroatoms. The Morgan fingerprint density at radius 2 is 0.835 bits per heavy atom. The van der Waals surface area contributed by atoms with Gasteiger partial charge >= 0.3 is 23.9 Å². The summed E-state index contributed by atoms with van der Waals surface area (Å²) < 4.78 is 22.0.